The van der Waals surface area contributed by atoms with Gasteiger partial charge in [0.05, 0.1) is 11.8 Å². The van der Waals surface area contributed by atoms with Crippen LogP contribution in [-0.4, -0.2) is 54.3 Å². The summed E-state index contributed by atoms with van der Waals surface area (Å²) in [7, 11) is 0. The lowest BCUT2D eigenvalue weighted by atomic mass is 9.81. The second kappa shape index (κ2) is 8.41. The Hall–Kier alpha value is -2.71. The van der Waals surface area contributed by atoms with Crippen LogP contribution in [0.5, 0.6) is 0 Å². The molecule has 136 valence electrons. The average Bonchev–Trinajstić information content (AvgIpc) is 2.83. The van der Waals surface area contributed by atoms with Gasteiger partial charge in [-0.2, -0.15) is 0 Å². The molecule has 1 heterocycles. The van der Waals surface area contributed by atoms with E-state index in [1.807, 2.05) is 5.32 Å². The minimum absolute atomic E-state index is 0.181. The minimum Gasteiger partial charge on any atom is -0.454 e. The summed E-state index contributed by atoms with van der Waals surface area (Å²) in [4.78, 5) is 59.9. The summed E-state index contributed by atoms with van der Waals surface area (Å²) in [6.07, 6.45) is 4.54. The lowest BCUT2D eigenvalue weighted by Gasteiger charge is -2.19. The zero-order valence-corrected chi connectivity index (χ0v) is 13.8. The number of carbonyl (C=O) groups is 5. The number of nitrogens with one attached hydrogen (secondary N) is 2. The van der Waals surface area contributed by atoms with Crippen LogP contribution in [0.15, 0.2) is 12.7 Å². The molecule has 9 heteroatoms. The van der Waals surface area contributed by atoms with Gasteiger partial charge in [-0.25, -0.2) is 4.79 Å². The number of amides is 5. The number of nitrogens with zero attached hydrogens (tertiary/aromatic N) is 1. The van der Waals surface area contributed by atoms with Gasteiger partial charge in [-0.1, -0.05) is 18.9 Å². The molecule has 2 N–H and O–H groups in total. The van der Waals surface area contributed by atoms with Gasteiger partial charge in [-0.3, -0.25) is 29.4 Å². The van der Waals surface area contributed by atoms with Crippen molar-refractivity contribution >= 4 is 29.7 Å². The van der Waals surface area contributed by atoms with Gasteiger partial charge in [0.2, 0.25) is 11.8 Å². The zero-order chi connectivity index (χ0) is 18.4. The molecule has 0 aromatic heterocycles. The molecule has 0 bridgehead atoms. The summed E-state index contributed by atoms with van der Waals surface area (Å²) in [6, 6.07) is -0.741. The third kappa shape index (κ3) is 4.65. The number of carbonyl (C=O) groups excluding carboxylic acids is 5. The molecule has 1 aliphatic carbocycles. The lowest BCUT2D eigenvalue weighted by Crippen LogP contribution is -2.42. The minimum atomic E-state index is -0.873. The Morgan fingerprint density at radius 3 is 2.32 bits per heavy atom. The average molecular weight is 351 g/mol. The second-order valence-corrected chi connectivity index (χ2v) is 5.97. The first-order valence-corrected chi connectivity index (χ1v) is 8.13. The first-order chi connectivity index (χ1) is 11.9. The van der Waals surface area contributed by atoms with Crippen LogP contribution in [0.3, 0.4) is 0 Å². The van der Waals surface area contributed by atoms with E-state index in [9.17, 15) is 24.0 Å². The Labute approximate surface area is 144 Å². The van der Waals surface area contributed by atoms with Crippen molar-refractivity contribution in [2.75, 3.05) is 19.7 Å². The molecule has 2 aliphatic rings. The van der Waals surface area contributed by atoms with Gasteiger partial charge in [0, 0.05) is 6.54 Å². The van der Waals surface area contributed by atoms with Crippen LogP contribution in [-0.2, 0) is 23.9 Å². The predicted molar refractivity (Wildman–Crippen MR) is 84.9 cm³/mol. The number of ether oxygens (including phenoxy) is 1. The highest BCUT2D eigenvalue weighted by atomic mass is 16.5. The lowest BCUT2D eigenvalue weighted by molar-refractivity contribution is -0.154. The van der Waals surface area contributed by atoms with E-state index >= 15 is 0 Å². The summed E-state index contributed by atoms with van der Waals surface area (Å²) < 4.78 is 4.72. The molecular weight excluding hydrogens is 330 g/mol. The molecule has 1 aliphatic heterocycles. The number of rotatable bonds is 6. The van der Waals surface area contributed by atoms with Crippen LogP contribution in [0.1, 0.15) is 25.7 Å². The number of fused-ring (bicyclic) bond motifs is 1. The largest absolute Gasteiger partial charge is 0.454 e. The summed E-state index contributed by atoms with van der Waals surface area (Å²) >= 11 is 0. The molecule has 0 spiro atoms. The van der Waals surface area contributed by atoms with Crippen molar-refractivity contribution < 1.29 is 28.7 Å². The quantitative estimate of drug-likeness (QED) is 0.385. The van der Waals surface area contributed by atoms with E-state index in [2.05, 4.69) is 11.9 Å². The number of likely N-dealkylation sites (tertiary alicyclic amines) is 1. The van der Waals surface area contributed by atoms with Crippen LogP contribution in [0.2, 0.25) is 0 Å². The maximum Gasteiger partial charge on any atom is 0.326 e. The molecule has 2 unspecified atom stereocenters. The van der Waals surface area contributed by atoms with E-state index in [-0.39, 0.29) is 30.2 Å². The van der Waals surface area contributed by atoms with Crippen molar-refractivity contribution in [1.29, 1.82) is 0 Å². The number of esters is 1. The third-order valence-corrected chi connectivity index (χ3v) is 4.24. The van der Waals surface area contributed by atoms with E-state index in [0.717, 1.165) is 17.7 Å². The maximum atomic E-state index is 12.2. The van der Waals surface area contributed by atoms with Crippen molar-refractivity contribution in [3.63, 3.8) is 0 Å². The molecule has 0 radical (unpaired) electrons. The topological polar surface area (TPSA) is 122 Å². The highest BCUT2D eigenvalue weighted by Crippen LogP contribution is 2.37. The Morgan fingerprint density at radius 1 is 1.16 bits per heavy atom. The van der Waals surface area contributed by atoms with Gasteiger partial charge in [0.1, 0.15) is 6.54 Å². The van der Waals surface area contributed by atoms with E-state index in [1.165, 1.54) is 6.08 Å². The van der Waals surface area contributed by atoms with Gasteiger partial charge < -0.3 is 10.1 Å². The molecule has 0 aromatic carbocycles. The van der Waals surface area contributed by atoms with Gasteiger partial charge in [-0.05, 0) is 12.8 Å². The normalized spacial score (nSPS) is 22.2. The standard InChI is InChI=1S/C16H21N3O6/c1-2-7-17-16(24)18-12(20)9-25-13(21)8-19-14(22)10-5-3-4-6-11(10)15(19)23/h2,10-11H,1,3-9H2,(H2,17,18,20,24). The molecular formula is C16H21N3O6. The molecule has 9 nitrogen and oxygen atoms in total. The Kier molecular flexibility index (Phi) is 6.26. The van der Waals surface area contributed by atoms with Crippen LogP contribution in [0, 0.1) is 11.8 Å². The van der Waals surface area contributed by atoms with Crippen LogP contribution >= 0.6 is 0 Å². The number of hydrogen-bond acceptors (Lipinski definition) is 6. The third-order valence-electron chi connectivity index (χ3n) is 4.24. The van der Waals surface area contributed by atoms with Crippen LogP contribution in [0.4, 0.5) is 4.79 Å². The highest BCUT2D eigenvalue weighted by Gasteiger charge is 2.48. The fraction of sp³-hybridized carbons (Fsp3) is 0.562. The van der Waals surface area contributed by atoms with Crippen LogP contribution in [0.25, 0.3) is 0 Å². The molecule has 25 heavy (non-hydrogen) atoms. The molecule has 0 aromatic rings. The smallest absolute Gasteiger partial charge is 0.326 e. The highest BCUT2D eigenvalue weighted by molar-refractivity contribution is 6.07. The maximum absolute atomic E-state index is 12.2. The van der Waals surface area contributed by atoms with E-state index in [1.54, 1.807) is 0 Å². The summed E-state index contributed by atoms with van der Waals surface area (Å²) in [5, 5.41) is 4.28. The molecule has 1 saturated heterocycles. The monoisotopic (exact) mass is 351 g/mol. The fourth-order valence-corrected chi connectivity index (χ4v) is 3.08. The summed E-state index contributed by atoms with van der Waals surface area (Å²) in [5.41, 5.74) is 0. The molecule has 2 fully saturated rings. The van der Waals surface area contributed by atoms with Crippen molar-refractivity contribution in [3.05, 3.63) is 12.7 Å². The van der Waals surface area contributed by atoms with Gasteiger partial charge >= 0.3 is 12.0 Å². The predicted octanol–water partition coefficient (Wildman–Crippen LogP) is -0.283. The second-order valence-electron chi connectivity index (χ2n) is 5.97. The molecule has 1 saturated carbocycles. The Balaban J connectivity index is 1.77. The van der Waals surface area contributed by atoms with E-state index in [0.29, 0.717) is 12.8 Å². The van der Waals surface area contributed by atoms with Crippen molar-refractivity contribution in [3.8, 4) is 0 Å². The number of imide groups is 2. The molecule has 5 amide bonds. The summed E-state index contributed by atoms with van der Waals surface area (Å²) in [5.74, 6) is -3.07. The SMILES string of the molecule is C=CCNC(=O)NC(=O)COC(=O)CN1C(=O)C2CCCCC2C1=O. The van der Waals surface area contributed by atoms with Crippen molar-refractivity contribution in [1.82, 2.24) is 15.5 Å². The van der Waals surface area contributed by atoms with E-state index in [4.69, 9.17) is 4.74 Å². The first-order valence-electron chi connectivity index (χ1n) is 8.13. The van der Waals surface area contributed by atoms with Crippen LogP contribution < -0.4 is 10.6 Å². The van der Waals surface area contributed by atoms with Gasteiger partial charge in [0.15, 0.2) is 6.61 Å². The Bertz CT molecular complexity index is 579. The zero-order valence-electron chi connectivity index (χ0n) is 13.8. The Morgan fingerprint density at radius 2 is 1.76 bits per heavy atom. The molecule has 2 rings (SSSR count). The fourth-order valence-electron chi connectivity index (χ4n) is 3.08. The van der Waals surface area contributed by atoms with E-state index < -0.39 is 31.1 Å². The van der Waals surface area contributed by atoms with Crippen molar-refractivity contribution in [2.24, 2.45) is 11.8 Å². The number of hydrogen-bond donors (Lipinski definition) is 2. The van der Waals surface area contributed by atoms with Gasteiger partial charge in [0.25, 0.3) is 5.91 Å². The van der Waals surface area contributed by atoms with Gasteiger partial charge in [-0.15, -0.1) is 6.58 Å². The number of urea groups is 1. The van der Waals surface area contributed by atoms with Crippen molar-refractivity contribution in [2.45, 2.75) is 25.7 Å². The molecule has 2 atom stereocenters. The first kappa shape index (κ1) is 18.6. The summed E-state index contributed by atoms with van der Waals surface area (Å²) in [6.45, 7) is 2.39.